The second-order valence-electron chi connectivity index (χ2n) is 6.18. The topological polar surface area (TPSA) is 64.6 Å². The van der Waals surface area contributed by atoms with Gasteiger partial charge in [-0.1, -0.05) is 38.5 Å². The maximum absolute atomic E-state index is 11.3. The molecule has 0 saturated heterocycles. The van der Waals surface area contributed by atoms with Gasteiger partial charge in [-0.25, -0.2) is 4.79 Å². The number of alkyl halides is 1. The Morgan fingerprint density at radius 2 is 1.50 bits per heavy atom. The number of methoxy groups -OCH3 is 1. The van der Waals surface area contributed by atoms with Gasteiger partial charge in [0.25, 0.3) is 0 Å². The Morgan fingerprint density at radius 1 is 0.923 bits per heavy atom. The number of unbranched alkanes of at least 4 members (excludes halogenated alkanes) is 7. The zero-order valence-corrected chi connectivity index (χ0v) is 16.4. The van der Waals surface area contributed by atoms with Crippen molar-refractivity contribution in [3.63, 3.8) is 0 Å². The van der Waals surface area contributed by atoms with Crippen molar-refractivity contribution in [3.8, 4) is 5.75 Å². The minimum atomic E-state index is -0.337. The van der Waals surface area contributed by atoms with E-state index in [1.165, 1.54) is 32.8 Å². The van der Waals surface area contributed by atoms with Gasteiger partial charge in [-0.3, -0.25) is 4.79 Å². The molecule has 0 aliphatic rings. The molecule has 0 radical (unpaired) electrons. The predicted octanol–water partition coefficient (Wildman–Crippen LogP) is 4.33. The molecular formula is C20H30ClNO4. The standard InChI is InChI=1S/C20H30ClNO4/c1-25-20(24)17-10-12-18(13-11-17)26-15-9-7-5-3-2-4-6-8-14-22-19(23)16-21/h10-13H,2-9,14-16H2,1H3,(H,22,23). The molecule has 1 aromatic carbocycles. The van der Waals surface area contributed by atoms with Crippen molar-refractivity contribution in [2.45, 2.75) is 51.4 Å². The molecule has 0 spiro atoms. The van der Waals surface area contributed by atoms with Crippen LogP contribution in [-0.2, 0) is 9.53 Å². The Hall–Kier alpha value is -1.75. The van der Waals surface area contributed by atoms with Gasteiger partial charge < -0.3 is 14.8 Å². The van der Waals surface area contributed by atoms with Crippen LogP contribution < -0.4 is 10.1 Å². The fourth-order valence-electron chi connectivity index (χ4n) is 2.56. The number of hydrogen-bond donors (Lipinski definition) is 1. The average Bonchev–Trinajstić information content (AvgIpc) is 2.68. The summed E-state index contributed by atoms with van der Waals surface area (Å²) in [7, 11) is 1.37. The summed E-state index contributed by atoms with van der Waals surface area (Å²) in [5.41, 5.74) is 0.529. The van der Waals surface area contributed by atoms with Crippen molar-refractivity contribution in [3.05, 3.63) is 29.8 Å². The van der Waals surface area contributed by atoms with E-state index in [-0.39, 0.29) is 17.8 Å². The van der Waals surface area contributed by atoms with Gasteiger partial charge in [-0.15, -0.1) is 11.6 Å². The quantitative estimate of drug-likeness (QED) is 0.295. The molecule has 1 N–H and O–H groups in total. The highest BCUT2D eigenvalue weighted by Crippen LogP contribution is 2.14. The second-order valence-corrected chi connectivity index (χ2v) is 6.44. The molecule has 6 heteroatoms. The summed E-state index contributed by atoms with van der Waals surface area (Å²) < 4.78 is 10.3. The third-order valence-electron chi connectivity index (χ3n) is 4.06. The Kier molecular flexibility index (Phi) is 12.4. The summed E-state index contributed by atoms with van der Waals surface area (Å²) in [6, 6.07) is 7.01. The van der Waals surface area contributed by atoms with Crippen molar-refractivity contribution in [2.75, 3.05) is 26.1 Å². The highest BCUT2D eigenvalue weighted by atomic mass is 35.5. The maximum atomic E-state index is 11.3. The van der Waals surface area contributed by atoms with Gasteiger partial charge >= 0.3 is 5.97 Å². The van der Waals surface area contributed by atoms with Gasteiger partial charge in [0.05, 0.1) is 19.3 Å². The number of nitrogens with one attached hydrogen (secondary N) is 1. The van der Waals surface area contributed by atoms with Crippen LogP contribution in [0, 0.1) is 0 Å². The number of hydrogen-bond acceptors (Lipinski definition) is 4. The molecule has 0 atom stereocenters. The Morgan fingerprint density at radius 3 is 2.08 bits per heavy atom. The molecule has 0 bridgehead atoms. The zero-order chi connectivity index (χ0) is 19.0. The molecule has 0 aromatic heterocycles. The minimum Gasteiger partial charge on any atom is -0.494 e. The molecule has 0 aliphatic carbocycles. The first-order valence-electron chi connectivity index (χ1n) is 9.31. The van der Waals surface area contributed by atoms with Crippen LogP contribution in [0.15, 0.2) is 24.3 Å². The third kappa shape index (κ3) is 10.3. The lowest BCUT2D eigenvalue weighted by atomic mass is 10.1. The van der Waals surface area contributed by atoms with Crippen molar-refractivity contribution < 1.29 is 19.1 Å². The van der Waals surface area contributed by atoms with Crippen LogP contribution in [0.25, 0.3) is 0 Å². The van der Waals surface area contributed by atoms with Gasteiger partial charge in [-0.05, 0) is 37.1 Å². The van der Waals surface area contributed by atoms with E-state index in [0.29, 0.717) is 12.2 Å². The number of amides is 1. The van der Waals surface area contributed by atoms with Gasteiger partial charge in [0, 0.05) is 6.54 Å². The van der Waals surface area contributed by atoms with Crippen LogP contribution in [-0.4, -0.2) is 38.0 Å². The smallest absolute Gasteiger partial charge is 0.337 e. The van der Waals surface area contributed by atoms with Crippen molar-refractivity contribution in [1.82, 2.24) is 5.32 Å². The molecular weight excluding hydrogens is 354 g/mol. The summed E-state index contributed by atoms with van der Waals surface area (Å²) in [5.74, 6) is 0.395. The number of ether oxygens (including phenoxy) is 2. The van der Waals surface area contributed by atoms with Gasteiger partial charge in [0.1, 0.15) is 11.6 Å². The van der Waals surface area contributed by atoms with Crippen molar-refractivity contribution in [2.24, 2.45) is 0 Å². The summed E-state index contributed by atoms with van der Waals surface area (Å²) in [6.07, 6.45) is 9.25. The lowest BCUT2D eigenvalue weighted by Gasteiger charge is -2.07. The molecule has 0 fully saturated rings. The van der Waals surface area contributed by atoms with E-state index in [4.69, 9.17) is 16.3 Å². The molecule has 0 aliphatic heterocycles. The lowest BCUT2D eigenvalue weighted by molar-refractivity contribution is -0.118. The largest absolute Gasteiger partial charge is 0.494 e. The van der Waals surface area contributed by atoms with E-state index < -0.39 is 0 Å². The molecule has 0 heterocycles. The first-order chi connectivity index (χ1) is 12.7. The molecule has 0 unspecified atom stereocenters. The van der Waals surface area contributed by atoms with Crippen molar-refractivity contribution >= 4 is 23.5 Å². The minimum absolute atomic E-state index is 0.0442. The van der Waals surface area contributed by atoms with Crippen LogP contribution in [0.3, 0.4) is 0 Å². The number of carbonyl (C=O) groups excluding carboxylic acids is 2. The first kappa shape index (κ1) is 22.3. The van der Waals surface area contributed by atoms with Crippen LogP contribution in [0.1, 0.15) is 61.7 Å². The number of halogens is 1. The van der Waals surface area contributed by atoms with Crippen LogP contribution in [0.2, 0.25) is 0 Å². The van der Waals surface area contributed by atoms with Crippen LogP contribution >= 0.6 is 11.6 Å². The van der Waals surface area contributed by atoms with Gasteiger partial charge in [0.2, 0.25) is 5.91 Å². The molecule has 26 heavy (non-hydrogen) atoms. The molecule has 0 saturated carbocycles. The molecule has 146 valence electrons. The van der Waals surface area contributed by atoms with Gasteiger partial charge in [0.15, 0.2) is 0 Å². The maximum Gasteiger partial charge on any atom is 0.337 e. The van der Waals surface area contributed by atoms with E-state index in [1.807, 2.05) is 0 Å². The Balaban J connectivity index is 1.92. The summed E-state index contributed by atoms with van der Waals surface area (Å²) in [5, 5.41) is 2.77. The molecule has 1 aromatic rings. The van der Waals surface area contributed by atoms with E-state index in [2.05, 4.69) is 10.1 Å². The average molecular weight is 384 g/mol. The first-order valence-corrected chi connectivity index (χ1v) is 9.84. The van der Waals surface area contributed by atoms with Crippen LogP contribution in [0.5, 0.6) is 5.75 Å². The summed E-state index contributed by atoms with van der Waals surface area (Å²) in [4.78, 5) is 22.3. The SMILES string of the molecule is COC(=O)c1ccc(OCCCCCCCCCCNC(=O)CCl)cc1. The molecule has 5 nitrogen and oxygen atoms in total. The summed E-state index contributed by atoms with van der Waals surface area (Å²) >= 11 is 5.41. The van der Waals surface area contributed by atoms with E-state index in [0.717, 1.165) is 38.0 Å². The number of rotatable bonds is 14. The second kappa shape index (κ2) is 14.4. The normalized spacial score (nSPS) is 10.4. The van der Waals surface area contributed by atoms with E-state index in [1.54, 1.807) is 24.3 Å². The zero-order valence-electron chi connectivity index (χ0n) is 15.6. The van der Waals surface area contributed by atoms with Crippen LogP contribution in [0.4, 0.5) is 0 Å². The van der Waals surface area contributed by atoms with Gasteiger partial charge in [-0.2, -0.15) is 0 Å². The highest BCUT2D eigenvalue weighted by molar-refractivity contribution is 6.27. The highest BCUT2D eigenvalue weighted by Gasteiger charge is 2.04. The molecule has 1 rings (SSSR count). The fourth-order valence-corrected chi connectivity index (χ4v) is 2.65. The van der Waals surface area contributed by atoms with E-state index >= 15 is 0 Å². The summed E-state index contributed by atoms with van der Waals surface area (Å²) in [6.45, 7) is 1.42. The Bertz CT molecular complexity index is 519. The monoisotopic (exact) mass is 383 g/mol. The van der Waals surface area contributed by atoms with Crippen molar-refractivity contribution in [1.29, 1.82) is 0 Å². The lowest BCUT2D eigenvalue weighted by Crippen LogP contribution is -2.25. The number of benzene rings is 1. The number of esters is 1. The predicted molar refractivity (Wildman–Crippen MR) is 104 cm³/mol. The molecule has 1 amide bonds. The number of carbonyl (C=O) groups is 2. The fraction of sp³-hybridized carbons (Fsp3) is 0.600. The Labute approximate surface area is 161 Å². The van der Waals surface area contributed by atoms with E-state index in [9.17, 15) is 9.59 Å². The third-order valence-corrected chi connectivity index (χ3v) is 4.30.